The predicted octanol–water partition coefficient (Wildman–Crippen LogP) is 3.29. The molecule has 0 aliphatic carbocycles. The number of allylic oxidation sites excluding steroid dienone is 1. The quantitative estimate of drug-likeness (QED) is 0.678. The molecular formula is C16H17NO2S. The summed E-state index contributed by atoms with van der Waals surface area (Å²) in [7, 11) is -3.30. The minimum absolute atomic E-state index is 0.0562. The van der Waals surface area contributed by atoms with Crippen LogP contribution in [0.5, 0.6) is 0 Å². The highest BCUT2D eigenvalue weighted by Gasteiger charge is 2.15. The van der Waals surface area contributed by atoms with E-state index in [1.165, 1.54) is 6.07 Å². The SMILES string of the molecule is C=CCCS(=O)(=O)c1ccc(-c2ccccc2)c(N)c1. The molecular weight excluding hydrogens is 270 g/mol. The molecule has 4 heteroatoms. The fourth-order valence-electron chi connectivity index (χ4n) is 1.97. The van der Waals surface area contributed by atoms with Gasteiger partial charge < -0.3 is 5.73 Å². The number of anilines is 1. The van der Waals surface area contributed by atoms with Crippen LogP contribution < -0.4 is 5.73 Å². The van der Waals surface area contributed by atoms with Gasteiger partial charge in [-0.25, -0.2) is 8.42 Å². The highest BCUT2D eigenvalue weighted by atomic mass is 32.2. The standard InChI is InChI=1S/C16H17NO2S/c1-2-3-11-20(18,19)14-9-10-15(16(17)12-14)13-7-5-4-6-8-13/h2,4-10,12H,1,3,11,17H2. The minimum atomic E-state index is -3.30. The topological polar surface area (TPSA) is 60.2 Å². The maximum atomic E-state index is 12.1. The summed E-state index contributed by atoms with van der Waals surface area (Å²) in [5.41, 5.74) is 8.28. The molecule has 2 N–H and O–H groups in total. The van der Waals surface area contributed by atoms with E-state index >= 15 is 0 Å². The van der Waals surface area contributed by atoms with Crippen LogP contribution in [0.15, 0.2) is 66.1 Å². The van der Waals surface area contributed by atoms with Crippen LogP contribution >= 0.6 is 0 Å². The lowest BCUT2D eigenvalue weighted by Gasteiger charge is -2.09. The van der Waals surface area contributed by atoms with E-state index in [0.717, 1.165) is 11.1 Å². The Bertz CT molecular complexity index is 707. The summed E-state index contributed by atoms with van der Waals surface area (Å²) in [6, 6.07) is 14.5. The van der Waals surface area contributed by atoms with E-state index in [1.807, 2.05) is 30.3 Å². The Hall–Kier alpha value is -2.07. The first-order chi connectivity index (χ1) is 9.54. The summed E-state index contributed by atoms with van der Waals surface area (Å²) in [6.07, 6.45) is 2.03. The van der Waals surface area contributed by atoms with Gasteiger partial charge in [0.15, 0.2) is 9.84 Å². The van der Waals surface area contributed by atoms with Crippen LogP contribution in [-0.4, -0.2) is 14.2 Å². The molecule has 0 aliphatic rings. The van der Waals surface area contributed by atoms with Crippen LogP contribution in [0.4, 0.5) is 5.69 Å². The van der Waals surface area contributed by atoms with Crippen molar-refractivity contribution in [2.75, 3.05) is 11.5 Å². The van der Waals surface area contributed by atoms with Gasteiger partial charge in [0, 0.05) is 11.3 Å². The van der Waals surface area contributed by atoms with Gasteiger partial charge >= 0.3 is 0 Å². The molecule has 20 heavy (non-hydrogen) atoms. The van der Waals surface area contributed by atoms with Crippen LogP contribution in [-0.2, 0) is 9.84 Å². The van der Waals surface area contributed by atoms with Crippen molar-refractivity contribution in [3.05, 3.63) is 61.2 Å². The van der Waals surface area contributed by atoms with Gasteiger partial charge in [-0.2, -0.15) is 0 Å². The summed E-state index contributed by atoms with van der Waals surface area (Å²) in [5, 5.41) is 0. The lowest BCUT2D eigenvalue weighted by molar-refractivity contribution is 0.596. The Kier molecular flexibility index (Phi) is 4.25. The Morgan fingerprint density at radius 3 is 2.40 bits per heavy atom. The molecule has 0 spiro atoms. The third-order valence-corrected chi connectivity index (χ3v) is 4.80. The minimum Gasteiger partial charge on any atom is -0.398 e. The first-order valence-corrected chi connectivity index (χ1v) is 7.98. The Balaban J connectivity index is 2.38. The van der Waals surface area contributed by atoms with E-state index in [9.17, 15) is 8.42 Å². The summed E-state index contributed by atoms with van der Waals surface area (Å²) in [6.45, 7) is 3.54. The van der Waals surface area contributed by atoms with Crippen LogP contribution in [0.1, 0.15) is 6.42 Å². The molecule has 0 aliphatic heterocycles. The first-order valence-electron chi connectivity index (χ1n) is 6.33. The zero-order valence-electron chi connectivity index (χ0n) is 11.1. The van der Waals surface area contributed by atoms with Crippen molar-refractivity contribution >= 4 is 15.5 Å². The molecule has 104 valence electrons. The van der Waals surface area contributed by atoms with Crippen LogP contribution in [0.25, 0.3) is 11.1 Å². The molecule has 0 aromatic heterocycles. The molecule has 0 heterocycles. The van der Waals surface area contributed by atoms with Gasteiger partial charge in [0.1, 0.15) is 0 Å². The molecule has 0 saturated carbocycles. The van der Waals surface area contributed by atoms with Gasteiger partial charge in [-0.05, 0) is 24.1 Å². The second kappa shape index (κ2) is 5.92. The maximum absolute atomic E-state index is 12.1. The van der Waals surface area contributed by atoms with Gasteiger partial charge in [-0.15, -0.1) is 6.58 Å². The third kappa shape index (κ3) is 3.08. The first kappa shape index (κ1) is 14.3. The predicted molar refractivity (Wildman–Crippen MR) is 83.2 cm³/mol. The third-order valence-electron chi connectivity index (χ3n) is 3.06. The van der Waals surface area contributed by atoms with E-state index in [2.05, 4.69) is 6.58 Å². The normalized spacial score (nSPS) is 11.2. The number of nitrogens with two attached hydrogens (primary N) is 1. The fraction of sp³-hybridized carbons (Fsp3) is 0.125. The number of sulfone groups is 1. The molecule has 0 saturated heterocycles. The lowest BCUT2D eigenvalue weighted by Crippen LogP contribution is -2.07. The van der Waals surface area contributed by atoms with Crippen molar-refractivity contribution in [2.24, 2.45) is 0 Å². The van der Waals surface area contributed by atoms with E-state index in [4.69, 9.17) is 5.73 Å². The number of nitrogen functional groups attached to an aromatic ring is 1. The Morgan fingerprint density at radius 2 is 1.80 bits per heavy atom. The summed E-state index contributed by atoms with van der Waals surface area (Å²) in [4.78, 5) is 0.261. The molecule has 2 aromatic carbocycles. The van der Waals surface area contributed by atoms with Crippen molar-refractivity contribution in [3.63, 3.8) is 0 Å². The second-order valence-corrected chi connectivity index (χ2v) is 6.62. The molecule has 0 unspecified atom stereocenters. The molecule has 2 aromatic rings. The highest BCUT2D eigenvalue weighted by Crippen LogP contribution is 2.28. The second-order valence-electron chi connectivity index (χ2n) is 4.51. The Labute approximate surface area is 119 Å². The molecule has 0 atom stereocenters. The smallest absolute Gasteiger partial charge is 0.178 e. The zero-order chi connectivity index (χ0) is 14.6. The van der Waals surface area contributed by atoms with Gasteiger partial charge in [0.2, 0.25) is 0 Å². The molecule has 3 nitrogen and oxygen atoms in total. The average molecular weight is 287 g/mol. The monoisotopic (exact) mass is 287 g/mol. The molecule has 0 amide bonds. The Morgan fingerprint density at radius 1 is 1.10 bits per heavy atom. The molecule has 2 rings (SSSR count). The number of hydrogen-bond donors (Lipinski definition) is 1. The van der Waals surface area contributed by atoms with Gasteiger partial charge in [0.05, 0.1) is 10.6 Å². The lowest BCUT2D eigenvalue weighted by atomic mass is 10.0. The van der Waals surface area contributed by atoms with Crippen molar-refractivity contribution in [3.8, 4) is 11.1 Å². The van der Waals surface area contributed by atoms with Gasteiger partial charge in [-0.3, -0.25) is 0 Å². The number of rotatable bonds is 5. The van der Waals surface area contributed by atoms with E-state index in [0.29, 0.717) is 12.1 Å². The van der Waals surface area contributed by atoms with Gasteiger partial charge in [-0.1, -0.05) is 42.5 Å². The molecule has 0 bridgehead atoms. The van der Waals surface area contributed by atoms with Crippen LogP contribution in [0, 0.1) is 0 Å². The maximum Gasteiger partial charge on any atom is 0.178 e. The van der Waals surface area contributed by atoms with Crippen LogP contribution in [0.2, 0.25) is 0 Å². The van der Waals surface area contributed by atoms with E-state index in [-0.39, 0.29) is 10.6 Å². The van der Waals surface area contributed by atoms with Crippen molar-refractivity contribution in [1.29, 1.82) is 0 Å². The molecule has 0 fully saturated rings. The van der Waals surface area contributed by atoms with Crippen molar-refractivity contribution < 1.29 is 8.42 Å². The summed E-state index contributed by atoms with van der Waals surface area (Å²) < 4.78 is 24.2. The van der Waals surface area contributed by atoms with E-state index in [1.54, 1.807) is 18.2 Å². The fourth-order valence-corrected chi connectivity index (χ4v) is 3.27. The largest absolute Gasteiger partial charge is 0.398 e. The molecule has 0 radical (unpaired) electrons. The van der Waals surface area contributed by atoms with E-state index < -0.39 is 9.84 Å². The highest BCUT2D eigenvalue weighted by molar-refractivity contribution is 7.91. The van der Waals surface area contributed by atoms with Gasteiger partial charge in [0.25, 0.3) is 0 Å². The summed E-state index contributed by atoms with van der Waals surface area (Å²) in [5.74, 6) is 0.0562. The van der Waals surface area contributed by atoms with Crippen molar-refractivity contribution in [2.45, 2.75) is 11.3 Å². The summed E-state index contributed by atoms with van der Waals surface area (Å²) >= 11 is 0. The zero-order valence-corrected chi connectivity index (χ0v) is 11.9. The number of hydrogen-bond acceptors (Lipinski definition) is 3. The van der Waals surface area contributed by atoms with Crippen molar-refractivity contribution in [1.82, 2.24) is 0 Å². The number of benzene rings is 2. The average Bonchev–Trinajstić information content (AvgIpc) is 2.46. The van der Waals surface area contributed by atoms with Crippen LogP contribution in [0.3, 0.4) is 0 Å².